The lowest BCUT2D eigenvalue weighted by Crippen LogP contribution is -2.37. The molecule has 0 amide bonds. The maximum Gasteiger partial charge on any atom is 0.182 e. The third-order valence-corrected chi connectivity index (χ3v) is 2.37. The van der Waals surface area contributed by atoms with Gasteiger partial charge < -0.3 is 10.0 Å². The second-order valence-electron chi connectivity index (χ2n) is 3.14. The predicted molar refractivity (Wildman–Crippen MR) is 50.9 cm³/mol. The van der Waals surface area contributed by atoms with Crippen LogP contribution >= 0.6 is 0 Å². The summed E-state index contributed by atoms with van der Waals surface area (Å²) in [7, 11) is 0. The number of allylic oxidation sites excluding steroid dienone is 1. The van der Waals surface area contributed by atoms with E-state index in [1.54, 1.807) is 6.08 Å². The third kappa shape index (κ3) is 1.81. The van der Waals surface area contributed by atoms with Crippen LogP contribution in [0.25, 0.3) is 0 Å². The highest BCUT2D eigenvalue weighted by molar-refractivity contribution is 5.00. The van der Waals surface area contributed by atoms with Crippen LogP contribution in [0.1, 0.15) is 26.2 Å². The Labute approximate surface area is 74.2 Å². The van der Waals surface area contributed by atoms with E-state index in [2.05, 4.69) is 6.58 Å². The molecule has 2 nitrogen and oxygen atoms in total. The fraction of sp³-hybridized carbons (Fsp3) is 0.600. The van der Waals surface area contributed by atoms with Gasteiger partial charge in [-0.15, -0.1) is 6.58 Å². The van der Waals surface area contributed by atoms with Crippen LogP contribution in [0, 0.1) is 0 Å². The second-order valence-corrected chi connectivity index (χ2v) is 3.14. The molecule has 0 radical (unpaired) electrons. The van der Waals surface area contributed by atoms with Crippen molar-refractivity contribution in [1.29, 1.82) is 0 Å². The molecule has 0 aromatic carbocycles. The number of aliphatic hydroxyl groups excluding tert-OH is 1. The first kappa shape index (κ1) is 9.17. The molecule has 0 aromatic rings. The molecule has 1 unspecified atom stereocenters. The average Bonchev–Trinajstić information content (AvgIpc) is 2.16. The van der Waals surface area contributed by atoms with Gasteiger partial charge in [0.15, 0.2) is 5.88 Å². The molecule has 1 aliphatic heterocycles. The quantitative estimate of drug-likeness (QED) is 0.504. The molecule has 68 valence electrons. The molecule has 1 saturated heterocycles. The molecule has 1 aliphatic rings. The van der Waals surface area contributed by atoms with E-state index < -0.39 is 0 Å². The van der Waals surface area contributed by atoms with Crippen molar-refractivity contribution in [1.82, 2.24) is 4.90 Å². The van der Waals surface area contributed by atoms with Crippen molar-refractivity contribution in [3.05, 3.63) is 24.6 Å². The first-order valence-electron chi connectivity index (χ1n) is 4.54. The largest absolute Gasteiger partial charge is 0.495 e. The molecular formula is C10H17NO. The van der Waals surface area contributed by atoms with Crippen molar-refractivity contribution >= 4 is 0 Å². The van der Waals surface area contributed by atoms with E-state index in [4.69, 9.17) is 0 Å². The summed E-state index contributed by atoms with van der Waals surface area (Å²) in [4.78, 5) is 2.01. The van der Waals surface area contributed by atoms with Crippen molar-refractivity contribution in [3.8, 4) is 0 Å². The second kappa shape index (κ2) is 4.19. The fourth-order valence-electron chi connectivity index (χ4n) is 1.65. The summed E-state index contributed by atoms with van der Waals surface area (Å²) in [5.74, 6) is 0.389. The minimum Gasteiger partial charge on any atom is -0.495 e. The SMILES string of the molecule is C=CC1CCCCN1/C(O)=C\C. The average molecular weight is 167 g/mol. The lowest BCUT2D eigenvalue weighted by Gasteiger charge is -2.34. The Morgan fingerprint density at radius 1 is 1.58 bits per heavy atom. The maximum atomic E-state index is 9.52. The summed E-state index contributed by atoms with van der Waals surface area (Å²) in [6, 6.07) is 0.329. The van der Waals surface area contributed by atoms with E-state index in [1.165, 1.54) is 12.8 Å². The predicted octanol–water partition coefficient (Wildman–Crippen LogP) is 2.45. The Morgan fingerprint density at radius 2 is 2.33 bits per heavy atom. The number of nitrogens with zero attached hydrogens (tertiary/aromatic N) is 1. The molecule has 1 atom stereocenters. The van der Waals surface area contributed by atoms with Crippen LogP contribution in [0.4, 0.5) is 0 Å². The number of rotatable bonds is 2. The Kier molecular flexibility index (Phi) is 3.20. The summed E-state index contributed by atoms with van der Waals surface area (Å²) >= 11 is 0. The summed E-state index contributed by atoms with van der Waals surface area (Å²) in [6.07, 6.45) is 7.18. The number of hydrogen-bond acceptors (Lipinski definition) is 2. The summed E-state index contributed by atoms with van der Waals surface area (Å²) in [5, 5.41) is 9.52. The molecule has 0 saturated carbocycles. The highest BCUT2D eigenvalue weighted by Gasteiger charge is 2.20. The van der Waals surface area contributed by atoms with Crippen LogP contribution in [0.5, 0.6) is 0 Å². The van der Waals surface area contributed by atoms with Crippen LogP contribution < -0.4 is 0 Å². The van der Waals surface area contributed by atoms with E-state index >= 15 is 0 Å². The molecule has 0 bridgehead atoms. The van der Waals surface area contributed by atoms with Gasteiger partial charge in [0.1, 0.15) is 0 Å². The van der Waals surface area contributed by atoms with Crippen LogP contribution in [0.2, 0.25) is 0 Å². The number of piperidine rings is 1. The molecule has 1 N–H and O–H groups in total. The van der Waals surface area contributed by atoms with Crippen molar-refractivity contribution in [3.63, 3.8) is 0 Å². The topological polar surface area (TPSA) is 23.5 Å². The molecular weight excluding hydrogens is 150 g/mol. The lowest BCUT2D eigenvalue weighted by molar-refractivity contribution is 0.140. The first-order valence-corrected chi connectivity index (χ1v) is 4.54. The van der Waals surface area contributed by atoms with Gasteiger partial charge in [-0.1, -0.05) is 6.08 Å². The lowest BCUT2D eigenvalue weighted by atomic mass is 10.0. The molecule has 0 spiro atoms. The summed E-state index contributed by atoms with van der Waals surface area (Å²) in [6.45, 7) is 6.57. The standard InChI is InChI=1S/C10H17NO/c1-3-9-7-5-6-8-11(9)10(12)4-2/h3-4,9,12H,1,5-8H2,2H3/b10-4+. The van der Waals surface area contributed by atoms with Crippen LogP contribution in [0.3, 0.4) is 0 Å². The maximum absolute atomic E-state index is 9.52. The van der Waals surface area contributed by atoms with Crippen molar-refractivity contribution in [2.75, 3.05) is 6.54 Å². The van der Waals surface area contributed by atoms with Crippen LogP contribution in [-0.2, 0) is 0 Å². The van der Waals surface area contributed by atoms with Gasteiger partial charge in [-0.2, -0.15) is 0 Å². The Bertz CT molecular complexity index is 186. The molecule has 1 fully saturated rings. The van der Waals surface area contributed by atoms with E-state index in [-0.39, 0.29) is 0 Å². The van der Waals surface area contributed by atoms with E-state index in [9.17, 15) is 5.11 Å². The van der Waals surface area contributed by atoms with Gasteiger partial charge in [0.05, 0.1) is 0 Å². The van der Waals surface area contributed by atoms with Gasteiger partial charge in [0.25, 0.3) is 0 Å². The van der Waals surface area contributed by atoms with Crippen LogP contribution in [0.15, 0.2) is 24.6 Å². The molecule has 2 heteroatoms. The number of likely N-dealkylation sites (tertiary alicyclic amines) is 1. The highest BCUT2D eigenvalue weighted by Crippen LogP contribution is 2.20. The molecule has 0 aromatic heterocycles. The monoisotopic (exact) mass is 167 g/mol. The minimum absolute atomic E-state index is 0.329. The van der Waals surface area contributed by atoms with Gasteiger partial charge >= 0.3 is 0 Å². The van der Waals surface area contributed by atoms with E-state index in [1.807, 2.05) is 17.9 Å². The summed E-state index contributed by atoms with van der Waals surface area (Å²) in [5.41, 5.74) is 0. The first-order chi connectivity index (χ1) is 5.79. The Balaban J connectivity index is 2.64. The van der Waals surface area contributed by atoms with Gasteiger partial charge in [-0.3, -0.25) is 0 Å². The van der Waals surface area contributed by atoms with Crippen molar-refractivity contribution in [2.24, 2.45) is 0 Å². The van der Waals surface area contributed by atoms with E-state index in [0.717, 1.165) is 13.0 Å². The Hall–Kier alpha value is -0.920. The zero-order valence-corrected chi connectivity index (χ0v) is 7.66. The molecule has 1 heterocycles. The van der Waals surface area contributed by atoms with Crippen LogP contribution in [-0.4, -0.2) is 22.6 Å². The van der Waals surface area contributed by atoms with Crippen molar-refractivity contribution in [2.45, 2.75) is 32.2 Å². The molecule has 1 rings (SSSR count). The minimum atomic E-state index is 0.329. The number of aliphatic hydroxyl groups is 1. The highest BCUT2D eigenvalue weighted by atomic mass is 16.3. The molecule has 12 heavy (non-hydrogen) atoms. The number of hydrogen-bond donors (Lipinski definition) is 1. The van der Waals surface area contributed by atoms with Gasteiger partial charge in [0.2, 0.25) is 0 Å². The molecule has 0 aliphatic carbocycles. The zero-order valence-electron chi connectivity index (χ0n) is 7.66. The summed E-state index contributed by atoms with van der Waals surface area (Å²) < 4.78 is 0. The smallest absolute Gasteiger partial charge is 0.182 e. The fourth-order valence-corrected chi connectivity index (χ4v) is 1.65. The Morgan fingerprint density at radius 3 is 2.92 bits per heavy atom. The van der Waals surface area contributed by atoms with Crippen molar-refractivity contribution < 1.29 is 5.11 Å². The third-order valence-electron chi connectivity index (χ3n) is 2.37. The van der Waals surface area contributed by atoms with Gasteiger partial charge in [-0.05, 0) is 32.3 Å². The van der Waals surface area contributed by atoms with E-state index in [0.29, 0.717) is 11.9 Å². The van der Waals surface area contributed by atoms with Gasteiger partial charge in [-0.25, -0.2) is 0 Å². The van der Waals surface area contributed by atoms with Gasteiger partial charge in [0, 0.05) is 12.6 Å². The zero-order chi connectivity index (χ0) is 8.97. The normalized spacial score (nSPS) is 25.6.